The fourth-order valence-electron chi connectivity index (χ4n) is 4.38. The first kappa shape index (κ1) is 37.7. The molecule has 1 atom stereocenters. The Bertz CT molecular complexity index is 1980. The zero-order valence-corrected chi connectivity index (χ0v) is 28.7. The van der Waals surface area contributed by atoms with Crippen LogP contribution in [0.3, 0.4) is 0 Å². The molecule has 0 aliphatic rings. The molecule has 48 heavy (non-hydrogen) atoms. The molecule has 5 aromatic rings. The summed E-state index contributed by atoms with van der Waals surface area (Å²) in [6.45, 7) is 5.78. The number of hydrogen-bond donors (Lipinski definition) is 4. The summed E-state index contributed by atoms with van der Waals surface area (Å²) in [6.07, 6.45) is 0. The molecular weight excluding hydrogens is 675 g/mol. The molecule has 0 fully saturated rings. The van der Waals surface area contributed by atoms with Gasteiger partial charge in [0.15, 0.2) is 0 Å². The molecule has 0 radical (unpaired) electrons. The highest BCUT2D eigenvalue weighted by Crippen LogP contribution is 2.30. The Labute approximate surface area is 281 Å². The second-order valence-electron chi connectivity index (χ2n) is 10.3. The van der Waals surface area contributed by atoms with E-state index in [0.717, 1.165) is 19.7 Å². The van der Waals surface area contributed by atoms with Crippen molar-refractivity contribution in [1.29, 1.82) is 0 Å². The Morgan fingerprint density at radius 1 is 0.542 bits per heavy atom. The van der Waals surface area contributed by atoms with Crippen LogP contribution in [0, 0.1) is 13.8 Å². The second-order valence-corrected chi connectivity index (χ2v) is 14.2. The van der Waals surface area contributed by atoms with Gasteiger partial charge in [-0.3, -0.25) is 9.11 Å². The minimum absolute atomic E-state index is 0.106. The van der Waals surface area contributed by atoms with E-state index in [9.17, 15) is 35.5 Å². The molecule has 0 aliphatic carbocycles. The molecule has 4 N–H and O–H groups in total. The van der Waals surface area contributed by atoms with Gasteiger partial charge in [0.25, 0.3) is 20.2 Å². The van der Waals surface area contributed by atoms with E-state index < -0.39 is 32.2 Å². The van der Waals surface area contributed by atoms with Crippen molar-refractivity contribution in [3.63, 3.8) is 0 Å². The summed E-state index contributed by atoms with van der Waals surface area (Å²) in [4.78, 5) is 21.2. The van der Waals surface area contributed by atoms with E-state index in [1.54, 1.807) is 38.1 Å². The van der Waals surface area contributed by atoms with Crippen molar-refractivity contribution in [2.45, 2.75) is 23.6 Å². The normalized spacial score (nSPS) is 11.2. The molecule has 0 amide bonds. The first-order chi connectivity index (χ1) is 22.5. The van der Waals surface area contributed by atoms with Crippen LogP contribution in [0.5, 0.6) is 0 Å². The highest BCUT2D eigenvalue weighted by Gasteiger charge is 2.18. The monoisotopic (exact) mass is 708 g/mol. The molecule has 1 unspecified atom stereocenters. The van der Waals surface area contributed by atoms with Crippen LogP contribution in [-0.4, -0.2) is 54.8 Å². The predicted molar refractivity (Wildman–Crippen MR) is 187 cm³/mol. The van der Waals surface area contributed by atoms with Gasteiger partial charge in [0.05, 0.1) is 11.1 Å². The van der Waals surface area contributed by atoms with Gasteiger partial charge < -0.3 is 10.2 Å². The summed E-state index contributed by atoms with van der Waals surface area (Å²) in [5.41, 5.74) is 3.58. The Morgan fingerprint density at radius 2 is 0.896 bits per heavy atom. The van der Waals surface area contributed by atoms with E-state index in [-0.39, 0.29) is 20.9 Å². The van der Waals surface area contributed by atoms with E-state index >= 15 is 0 Å². The van der Waals surface area contributed by atoms with E-state index in [4.69, 9.17) is 10.2 Å². The lowest BCUT2D eigenvalue weighted by Gasteiger charge is -2.09. The fraction of sp³-hybridized carbons (Fsp3) is 0.0857. The van der Waals surface area contributed by atoms with Gasteiger partial charge in [0, 0.05) is 11.1 Å². The van der Waals surface area contributed by atoms with Crippen LogP contribution in [0.15, 0.2) is 125 Å². The smallest absolute Gasteiger partial charge is 0.335 e. The van der Waals surface area contributed by atoms with Crippen LogP contribution < -0.4 is 5.30 Å². The lowest BCUT2D eigenvalue weighted by molar-refractivity contribution is 0.0686. The summed E-state index contributed by atoms with van der Waals surface area (Å²) in [5.74, 6) is -2.12. The molecule has 0 heterocycles. The van der Waals surface area contributed by atoms with E-state index in [2.05, 4.69) is 30.9 Å². The summed E-state index contributed by atoms with van der Waals surface area (Å²) >= 11 is 0. The second kappa shape index (κ2) is 16.4. The van der Waals surface area contributed by atoms with E-state index in [0.29, 0.717) is 22.3 Å². The maximum Gasteiger partial charge on any atom is 0.335 e. The molecule has 13 heteroatoms. The molecule has 0 bridgehead atoms. The fourth-order valence-corrected chi connectivity index (χ4v) is 6.29. The third-order valence-electron chi connectivity index (χ3n) is 6.77. The summed E-state index contributed by atoms with van der Waals surface area (Å²) in [6, 6.07) is 31.1. The minimum atomic E-state index is -4.34. The maximum atomic E-state index is 11.4. The molecule has 10 nitrogen and oxygen atoms in total. The Balaban J connectivity index is 0.000000212. The van der Waals surface area contributed by atoms with Crippen LogP contribution in [-0.2, 0) is 20.2 Å². The van der Waals surface area contributed by atoms with Gasteiger partial charge in [-0.1, -0.05) is 98.6 Å². The van der Waals surface area contributed by atoms with Crippen LogP contribution >= 0.6 is 8.58 Å². The number of aromatic carboxylic acids is 2. The van der Waals surface area contributed by atoms with Crippen LogP contribution in [0.2, 0.25) is 0 Å². The molecule has 0 saturated carbocycles. The first-order valence-electron chi connectivity index (χ1n) is 14.1. The average Bonchev–Trinajstić information content (AvgIpc) is 3.04. The predicted octanol–water partition coefficient (Wildman–Crippen LogP) is 6.83. The topological polar surface area (TPSA) is 183 Å². The van der Waals surface area contributed by atoms with Gasteiger partial charge in [-0.25, -0.2) is 9.59 Å². The average molecular weight is 709 g/mol. The lowest BCUT2D eigenvalue weighted by Crippen LogP contribution is -2.01. The number of rotatable bonds is 7. The third kappa shape index (κ3) is 10.7. The summed E-state index contributed by atoms with van der Waals surface area (Å²) < 4.78 is 64.0. The van der Waals surface area contributed by atoms with Gasteiger partial charge in [0.1, 0.15) is 9.79 Å². The van der Waals surface area contributed by atoms with E-state index in [1.807, 2.05) is 6.07 Å². The standard InChI is InChI=1S/2C14H12O5S.C7H9P/c2*1-9-2-7-13(20(17,18)19)12(8-9)10-3-5-11(6-4-10)14(15)16;1-8-7-5-3-2-4-6-7/h2*2-8H,1H3,(H,15,16)(H,17,18,19);2-6,8H,1H3. The van der Waals surface area contributed by atoms with Crippen molar-refractivity contribution in [3.05, 3.63) is 138 Å². The van der Waals surface area contributed by atoms with Crippen LogP contribution in [0.1, 0.15) is 31.8 Å². The van der Waals surface area contributed by atoms with Gasteiger partial charge in [-0.05, 0) is 73.3 Å². The molecule has 5 aromatic carbocycles. The van der Waals surface area contributed by atoms with Crippen molar-refractivity contribution in [1.82, 2.24) is 0 Å². The summed E-state index contributed by atoms with van der Waals surface area (Å²) in [7, 11) is -7.75. The van der Waals surface area contributed by atoms with Crippen molar-refractivity contribution in [3.8, 4) is 22.3 Å². The largest absolute Gasteiger partial charge is 0.478 e. The highest BCUT2D eigenvalue weighted by molar-refractivity contribution is 7.86. The van der Waals surface area contributed by atoms with E-state index in [1.165, 1.54) is 66.0 Å². The molecule has 0 aromatic heterocycles. The maximum absolute atomic E-state index is 11.4. The highest BCUT2D eigenvalue weighted by atomic mass is 32.2. The van der Waals surface area contributed by atoms with Crippen LogP contribution in [0.25, 0.3) is 22.3 Å². The zero-order valence-electron chi connectivity index (χ0n) is 26.0. The number of benzene rings is 5. The van der Waals surface area contributed by atoms with Crippen molar-refractivity contribution >= 4 is 46.1 Å². The summed E-state index contributed by atoms with van der Waals surface area (Å²) in [5, 5.41) is 19.1. The number of hydrogen-bond acceptors (Lipinski definition) is 6. The number of carboxylic acid groups (broad SMARTS) is 2. The molecule has 0 saturated heterocycles. The molecule has 0 aliphatic heterocycles. The van der Waals surface area contributed by atoms with Crippen molar-refractivity contribution < 1.29 is 45.7 Å². The van der Waals surface area contributed by atoms with Gasteiger partial charge in [-0.2, -0.15) is 16.8 Å². The number of carbonyl (C=O) groups is 2. The lowest BCUT2D eigenvalue weighted by atomic mass is 10.0. The molecule has 0 spiro atoms. The van der Waals surface area contributed by atoms with Gasteiger partial charge in [0.2, 0.25) is 0 Å². The van der Waals surface area contributed by atoms with Gasteiger partial charge >= 0.3 is 11.9 Å². The Morgan fingerprint density at radius 3 is 1.17 bits per heavy atom. The zero-order chi connectivity index (χ0) is 35.6. The minimum Gasteiger partial charge on any atom is -0.478 e. The Kier molecular flexibility index (Phi) is 12.9. The first-order valence-corrected chi connectivity index (χ1v) is 18.5. The quantitative estimate of drug-likeness (QED) is 0.103. The number of carboxylic acids is 2. The van der Waals surface area contributed by atoms with Crippen molar-refractivity contribution in [2.75, 3.05) is 6.66 Å². The molecular formula is C35H33O10PS2. The van der Waals surface area contributed by atoms with Crippen LogP contribution in [0.4, 0.5) is 0 Å². The SMILES string of the molecule is CPc1ccccc1.Cc1ccc(S(=O)(=O)O)c(-c2ccc(C(=O)O)cc2)c1.Cc1ccc(S(=O)(=O)O)c(-c2ccc(C(=O)O)cc2)c1. The number of aryl methyl sites for hydroxylation is 2. The molecule has 250 valence electrons. The third-order valence-corrected chi connectivity index (χ3v) is 9.51. The van der Waals surface area contributed by atoms with Crippen molar-refractivity contribution in [2.24, 2.45) is 0 Å². The Hall–Kier alpha value is -4.71. The molecule has 5 rings (SSSR count). The van der Waals surface area contributed by atoms with Gasteiger partial charge in [-0.15, -0.1) is 0 Å².